The SMILES string of the molecule is CCOC(=O)C1=NN(c2ccccc2)C(C(=O)NCCNC(=O)c2cccnc2)C1. The van der Waals surface area contributed by atoms with Crippen molar-refractivity contribution in [3.8, 4) is 0 Å². The topological polar surface area (TPSA) is 113 Å². The smallest absolute Gasteiger partial charge is 0.354 e. The fraction of sp³-hybridized carbons (Fsp3) is 0.286. The number of carbonyl (C=O) groups is 3. The van der Waals surface area contributed by atoms with Crippen LogP contribution in [0.4, 0.5) is 5.69 Å². The third-order valence-electron chi connectivity index (χ3n) is 4.38. The first kappa shape index (κ1) is 21.0. The van der Waals surface area contributed by atoms with Crippen LogP contribution in [0.2, 0.25) is 0 Å². The van der Waals surface area contributed by atoms with Crippen LogP contribution in [-0.2, 0) is 14.3 Å². The number of ether oxygens (including phenoxy) is 1. The lowest BCUT2D eigenvalue weighted by atomic mass is 10.1. The molecular formula is C21H23N5O4. The van der Waals surface area contributed by atoms with E-state index in [2.05, 4.69) is 20.7 Å². The maximum absolute atomic E-state index is 12.8. The third-order valence-corrected chi connectivity index (χ3v) is 4.38. The summed E-state index contributed by atoms with van der Waals surface area (Å²) in [6.45, 7) is 2.44. The Labute approximate surface area is 174 Å². The second kappa shape index (κ2) is 10.1. The number of carbonyl (C=O) groups excluding carboxylic acids is 3. The number of benzene rings is 1. The van der Waals surface area contributed by atoms with Crippen molar-refractivity contribution >= 4 is 29.2 Å². The van der Waals surface area contributed by atoms with Crippen molar-refractivity contribution in [2.75, 3.05) is 24.7 Å². The van der Waals surface area contributed by atoms with Gasteiger partial charge in [0.15, 0.2) is 0 Å². The minimum Gasteiger partial charge on any atom is -0.461 e. The number of para-hydroxylation sites is 1. The fourth-order valence-corrected chi connectivity index (χ4v) is 2.95. The second-order valence-electron chi connectivity index (χ2n) is 6.46. The van der Waals surface area contributed by atoms with Crippen LogP contribution < -0.4 is 15.6 Å². The number of hydrogen-bond acceptors (Lipinski definition) is 7. The molecule has 0 radical (unpaired) electrons. The molecule has 2 N–H and O–H groups in total. The highest BCUT2D eigenvalue weighted by molar-refractivity contribution is 6.38. The van der Waals surface area contributed by atoms with Crippen molar-refractivity contribution in [2.45, 2.75) is 19.4 Å². The van der Waals surface area contributed by atoms with Crippen LogP contribution >= 0.6 is 0 Å². The fourth-order valence-electron chi connectivity index (χ4n) is 2.95. The zero-order valence-electron chi connectivity index (χ0n) is 16.6. The van der Waals surface area contributed by atoms with Crippen molar-refractivity contribution in [1.82, 2.24) is 15.6 Å². The van der Waals surface area contributed by atoms with Gasteiger partial charge in [0.05, 0.1) is 17.9 Å². The maximum atomic E-state index is 12.8. The Bertz CT molecular complexity index is 918. The molecule has 2 heterocycles. The van der Waals surface area contributed by atoms with E-state index in [0.29, 0.717) is 11.3 Å². The number of pyridine rings is 1. The van der Waals surface area contributed by atoms with Gasteiger partial charge in [-0.1, -0.05) is 18.2 Å². The van der Waals surface area contributed by atoms with Gasteiger partial charge in [0.1, 0.15) is 11.8 Å². The maximum Gasteiger partial charge on any atom is 0.354 e. The Hall–Kier alpha value is -3.75. The van der Waals surface area contributed by atoms with E-state index in [-0.39, 0.29) is 43.6 Å². The molecule has 1 aromatic carbocycles. The molecule has 3 rings (SSSR count). The second-order valence-corrected chi connectivity index (χ2v) is 6.46. The number of aromatic nitrogens is 1. The molecule has 1 atom stereocenters. The predicted octanol–water partition coefficient (Wildman–Crippen LogP) is 1.13. The molecule has 0 saturated heterocycles. The van der Waals surface area contributed by atoms with Crippen molar-refractivity contribution in [2.24, 2.45) is 5.10 Å². The van der Waals surface area contributed by atoms with Gasteiger partial charge in [-0.3, -0.25) is 19.6 Å². The van der Waals surface area contributed by atoms with Crippen LogP contribution in [0.15, 0.2) is 60.0 Å². The van der Waals surface area contributed by atoms with Gasteiger partial charge in [-0.2, -0.15) is 5.10 Å². The first-order valence-corrected chi connectivity index (χ1v) is 9.65. The van der Waals surface area contributed by atoms with E-state index in [4.69, 9.17) is 4.74 Å². The lowest BCUT2D eigenvalue weighted by molar-refractivity contribution is -0.135. The lowest BCUT2D eigenvalue weighted by Crippen LogP contribution is -2.45. The molecule has 1 aliphatic rings. The molecule has 0 aliphatic carbocycles. The Balaban J connectivity index is 1.58. The third kappa shape index (κ3) is 5.19. The summed E-state index contributed by atoms with van der Waals surface area (Å²) < 4.78 is 5.02. The summed E-state index contributed by atoms with van der Waals surface area (Å²) in [4.78, 5) is 40.8. The van der Waals surface area contributed by atoms with Gasteiger partial charge in [-0.05, 0) is 31.2 Å². The summed E-state index contributed by atoms with van der Waals surface area (Å²) in [6, 6.07) is 11.8. The molecule has 0 bridgehead atoms. The molecule has 9 nitrogen and oxygen atoms in total. The molecule has 1 aromatic heterocycles. The number of anilines is 1. The minimum atomic E-state index is -0.680. The molecule has 1 aliphatic heterocycles. The Kier molecular flexibility index (Phi) is 7.09. The molecule has 9 heteroatoms. The van der Waals surface area contributed by atoms with E-state index in [1.807, 2.05) is 30.3 Å². The van der Waals surface area contributed by atoms with E-state index in [1.54, 1.807) is 25.3 Å². The number of hydrazone groups is 1. The zero-order chi connectivity index (χ0) is 21.3. The molecule has 2 aromatic rings. The summed E-state index contributed by atoms with van der Waals surface area (Å²) in [6.07, 6.45) is 3.20. The minimum absolute atomic E-state index is 0.140. The molecule has 1 unspecified atom stereocenters. The first-order valence-electron chi connectivity index (χ1n) is 9.65. The predicted molar refractivity (Wildman–Crippen MR) is 111 cm³/mol. The van der Waals surface area contributed by atoms with Gasteiger partial charge in [0, 0.05) is 31.9 Å². The van der Waals surface area contributed by atoms with Crippen molar-refractivity contribution in [3.05, 3.63) is 60.4 Å². The monoisotopic (exact) mass is 409 g/mol. The van der Waals surface area contributed by atoms with Crippen LogP contribution in [0.1, 0.15) is 23.7 Å². The number of nitrogens with zero attached hydrogens (tertiary/aromatic N) is 3. The Morgan fingerprint density at radius 2 is 1.87 bits per heavy atom. The zero-order valence-corrected chi connectivity index (χ0v) is 16.6. The van der Waals surface area contributed by atoms with E-state index < -0.39 is 12.0 Å². The normalized spacial score (nSPS) is 15.3. The van der Waals surface area contributed by atoms with Gasteiger partial charge < -0.3 is 15.4 Å². The molecule has 0 spiro atoms. The number of nitrogens with one attached hydrogen (secondary N) is 2. The average Bonchev–Trinajstić information content (AvgIpc) is 3.24. The van der Waals surface area contributed by atoms with Crippen LogP contribution in [-0.4, -0.2) is 54.2 Å². The largest absolute Gasteiger partial charge is 0.461 e. The molecule has 156 valence electrons. The summed E-state index contributed by atoms with van der Waals surface area (Å²) in [5, 5.41) is 11.3. The van der Waals surface area contributed by atoms with Gasteiger partial charge in [-0.15, -0.1) is 0 Å². The molecular weight excluding hydrogens is 386 g/mol. The van der Waals surface area contributed by atoms with Gasteiger partial charge in [0.25, 0.3) is 5.91 Å². The molecule has 30 heavy (non-hydrogen) atoms. The molecule has 2 amide bonds. The standard InChI is InChI=1S/C21H23N5O4/c1-2-30-21(29)17-13-18(26(25-17)16-8-4-3-5-9-16)20(28)24-12-11-23-19(27)15-7-6-10-22-14-15/h3-10,14,18H,2,11-13H2,1H3,(H,23,27)(H,24,28). The summed E-state index contributed by atoms with van der Waals surface area (Å²) in [5.74, 6) is -1.09. The summed E-state index contributed by atoms with van der Waals surface area (Å²) >= 11 is 0. The Morgan fingerprint density at radius 3 is 2.57 bits per heavy atom. The summed E-state index contributed by atoms with van der Waals surface area (Å²) in [7, 11) is 0. The lowest BCUT2D eigenvalue weighted by Gasteiger charge is -2.22. The van der Waals surface area contributed by atoms with Crippen molar-refractivity contribution < 1.29 is 19.1 Å². The number of hydrogen-bond donors (Lipinski definition) is 2. The van der Waals surface area contributed by atoms with Crippen LogP contribution in [0.5, 0.6) is 0 Å². The van der Waals surface area contributed by atoms with Crippen LogP contribution in [0.25, 0.3) is 0 Å². The van der Waals surface area contributed by atoms with Crippen molar-refractivity contribution in [1.29, 1.82) is 0 Å². The van der Waals surface area contributed by atoms with E-state index in [0.717, 1.165) is 0 Å². The van der Waals surface area contributed by atoms with Crippen LogP contribution in [0.3, 0.4) is 0 Å². The number of rotatable bonds is 8. The van der Waals surface area contributed by atoms with E-state index in [9.17, 15) is 14.4 Å². The van der Waals surface area contributed by atoms with Crippen molar-refractivity contribution in [3.63, 3.8) is 0 Å². The van der Waals surface area contributed by atoms with Crippen LogP contribution in [0, 0.1) is 0 Å². The van der Waals surface area contributed by atoms with E-state index in [1.165, 1.54) is 11.2 Å². The quantitative estimate of drug-likeness (QED) is 0.499. The summed E-state index contributed by atoms with van der Waals surface area (Å²) in [5.41, 5.74) is 1.34. The highest BCUT2D eigenvalue weighted by Crippen LogP contribution is 2.25. The van der Waals surface area contributed by atoms with Gasteiger partial charge in [-0.25, -0.2) is 4.79 Å². The highest BCUT2D eigenvalue weighted by Gasteiger charge is 2.36. The van der Waals surface area contributed by atoms with Gasteiger partial charge >= 0.3 is 5.97 Å². The molecule has 0 fully saturated rings. The van der Waals surface area contributed by atoms with Gasteiger partial charge in [0.2, 0.25) is 5.91 Å². The highest BCUT2D eigenvalue weighted by atomic mass is 16.5. The Morgan fingerprint density at radius 1 is 1.10 bits per heavy atom. The number of amides is 2. The molecule has 0 saturated carbocycles. The number of esters is 1. The first-order chi connectivity index (χ1) is 14.6. The average molecular weight is 409 g/mol. The van der Waals surface area contributed by atoms with E-state index >= 15 is 0 Å².